The molecule has 4 aromatic carbocycles. The molecular formula is C32H34O6S2. The van der Waals surface area contributed by atoms with Crippen molar-refractivity contribution in [2.24, 2.45) is 0 Å². The average molecular weight is 579 g/mol. The van der Waals surface area contributed by atoms with Gasteiger partial charge in [-0.2, -0.15) is 0 Å². The predicted molar refractivity (Wildman–Crippen MR) is 157 cm³/mol. The first-order valence-electron chi connectivity index (χ1n) is 13.2. The molecule has 0 fully saturated rings. The third-order valence-electron chi connectivity index (χ3n) is 5.88. The van der Waals surface area contributed by atoms with E-state index in [0.29, 0.717) is 0 Å². The van der Waals surface area contributed by atoms with Gasteiger partial charge in [0.1, 0.15) is 15.9 Å². The summed E-state index contributed by atoms with van der Waals surface area (Å²) in [6.45, 7) is 2.38. The number of carbonyl (C=O) groups excluding carboxylic acids is 1. The van der Waals surface area contributed by atoms with E-state index in [1.54, 1.807) is 0 Å². The first kappa shape index (κ1) is 30.9. The van der Waals surface area contributed by atoms with Crippen molar-refractivity contribution in [3.05, 3.63) is 115 Å². The Morgan fingerprint density at radius 3 is 1.65 bits per heavy atom. The fourth-order valence-corrected chi connectivity index (χ4v) is 6.54. The number of benzene rings is 4. The lowest BCUT2D eigenvalue weighted by Gasteiger charge is -2.10. The van der Waals surface area contributed by atoms with E-state index >= 15 is 0 Å². The lowest BCUT2D eigenvalue weighted by molar-refractivity contribution is 0.0497. The first-order valence-corrected chi connectivity index (χ1v) is 15.8. The van der Waals surface area contributed by atoms with Gasteiger partial charge >= 0.3 is 5.97 Å². The van der Waals surface area contributed by atoms with Crippen LogP contribution in [0.15, 0.2) is 129 Å². The van der Waals surface area contributed by atoms with Gasteiger partial charge in [-0.05, 0) is 61.0 Å². The van der Waals surface area contributed by atoms with Gasteiger partial charge in [-0.25, -0.2) is 13.2 Å². The van der Waals surface area contributed by atoms with E-state index in [9.17, 15) is 22.9 Å². The van der Waals surface area contributed by atoms with Crippen molar-refractivity contribution in [1.82, 2.24) is 0 Å². The fourth-order valence-electron chi connectivity index (χ4n) is 3.89. The number of phenolic OH excluding ortho intramolecular Hbond substituents is 1. The van der Waals surface area contributed by atoms with Gasteiger partial charge < -0.3 is 14.4 Å². The lowest BCUT2D eigenvalue weighted by atomic mass is 10.2. The van der Waals surface area contributed by atoms with Crippen molar-refractivity contribution in [1.29, 1.82) is 0 Å². The molecule has 6 nitrogen and oxygen atoms in total. The highest BCUT2D eigenvalue weighted by Crippen LogP contribution is 2.30. The maximum atomic E-state index is 11.7. The van der Waals surface area contributed by atoms with Gasteiger partial charge in [0, 0.05) is 0 Å². The molecule has 0 aliphatic rings. The van der Waals surface area contributed by atoms with Crippen LogP contribution in [0.25, 0.3) is 0 Å². The van der Waals surface area contributed by atoms with Gasteiger partial charge in [0.15, 0.2) is 14.7 Å². The van der Waals surface area contributed by atoms with E-state index < -0.39 is 26.7 Å². The van der Waals surface area contributed by atoms with Crippen LogP contribution in [0.5, 0.6) is 5.75 Å². The highest BCUT2D eigenvalue weighted by Gasteiger charge is 2.27. The van der Waals surface area contributed by atoms with E-state index in [0.717, 1.165) is 50.3 Å². The van der Waals surface area contributed by atoms with E-state index in [2.05, 4.69) is 97.9 Å². The standard InChI is InChI=1S/C18H15S.C14H20O6S/c1-4-10-16(11-5-1)19(17-12-6-2-7-13-17)18-14-8-3-9-15-18;1-2-3-4-5-6-9-20-14(16)11-7-8-13(12(15)10-11)21(17,18)19/h1-15H;7-8,10,15H,2-6,9H2,1H3,(H,17,18,19)/q+1;/p-1. The number of phenols is 1. The summed E-state index contributed by atoms with van der Waals surface area (Å²) in [6.07, 6.45) is 5.09. The van der Waals surface area contributed by atoms with Crippen molar-refractivity contribution in [3.63, 3.8) is 0 Å². The summed E-state index contributed by atoms with van der Waals surface area (Å²) in [5.74, 6) is -1.40. The smallest absolute Gasteiger partial charge is 0.338 e. The molecule has 0 radical (unpaired) electrons. The summed E-state index contributed by atoms with van der Waals surface area (Å²) in [6, 6.07) is 35.1. The van der Waals surface area contributed by atoms with Crippen molar-refractivity contribution < 1.29 is 27.6 Å². The summed E-state index contributed by atoms with van der Waals surface area (Å²) in [5.41, 5.74) is 0.00783. The Bertz CT molecular complexity index is 1330. The van der Waals surface area contributed by atoms with Gasteiger partial charge in [0.25, 0.3) is 0 Å². The molecule has 0 atom stereocenters. The topological polar surface area (TPSA) is 104 Å². The number of aromatic hydroxyl groups is 1. The molecule has 0 heterocycles. The summed E-state index contributed by atoms with van der Waals surface area (Å²) < 4.78 is 37.4. The van der Waals surface area contributed by atoms with Crippen LogP contribution in [-0.2, 0) is 25.7 Å². The minimum absolute atomic E-state index is 0.00783. The van der Waals surface area contributed by atoms with Crippen molar-refractivity contribution in [2.45, 2.75) is 58.6 Å². The molecule has 0 aromatic heterocycles. The zero-order valence-electron chi connectivity index (χ0n) is 22.4. The molecule has 40 heavy (non-hydrogen) atoms. The number of hydrogen-bond donors (Lipinski definition) is 1. The maximum Gasteiger partial charge on any atom is 0.338 e. The molecule has 0 saturated heterocycles. The normalized spacial score (nSPS) is 11.0. The molecule has 0 amide bonds. The Labute approximate surface area is 239 Å². The number of rotatable bonds is 11. The largest absolute Gasteiger partial charge is 0.744 e. The molecule has 0 spiro atoms. The van der Waals surface area contributed by atoms with Crippen LogP contribution in [0.4, 0.5) is 0 Å². The molecule has 0 aliphatic heterocycles. The second-order valence-electron chi connectivity index (χ2n) is 8.93. The molecule has 0 unspecified atom stereocenters. The monoisotopic (exact) mass is 578 g/mol. The van der Waals surface area contributed by atoms with Crippen molar-refractivity contribution >= 4 is 27.0 Å². The molecule has 0 bridgehead atoms. The fraction of sp³-hybridized carbons (Fsp3) is 0.219. The quantitative estimate of drug-likeness (QED) is 0.0873. The highest BCUT2D eigenvalue weighted by atomic mass is 32.2. The van der Waals surface area contributed by atoms with Crippen LogP contribution in [-0.4, -0.2) is 30.7 Å². The van der Waals surface area contributed by atoms with Crippen LogP contribution >= 0.6 is 0 Å². The minimum atomic E-state index is -4.76. The summed E-state index contributed by atoms with van der Waals surface area (Å²) >= 11 is 0. The van der Waals surface area contributed by atoms with Crippen LogP contribution in [0.3, 0.4) is 0 Å². The van der Waals surface area contributed by atoms with Crippen LogP contribution in [0.1, 0.15) is 49.4 Å². The molecule has 4 aromatic rings. The summed E-state index contributed by atoms with van der Waals surface area (Å²) in [7, 11) is -4.77. The van der Waals surface area contributed by atoms with Crippen LogP contribution < -0.4 is 0 Å². The number of ether oxygens (including phenoxy) is 1. The van der Waals surface area contributed by atoms with Gasteiger partial charge in [-0.15, -0.1) is 0 Å². The Morgan fingerprint density at radius 1 is 0.750 bits per heavy atom. The molecule has 4 rings (SSSR count). The van der Waals surface area contributed by atoms with Gasteiger partial charge in [0.2, 0.25) is 0 Å². The molecule has 210 valence electrons. The third kappa shape index (κ3) is 9.55. The SMILES string of the molecule is CCCCCCCOC(=O)c1ccc(S(=O)(=O)[O-])c(O)c1.c1ccc([S+](c2ccccc2)c2ccccc2)cc1. The predicted octanol–water partition coefficient (Wildman–Crippen LogP) is 7.21. The highest BCUT2D eigenvalue weighted by molar-refractivity contribution is 7.97. The summed E-state index contributed by atoms with van der Waals surface area (Å²) in [5, 5.41) is 9.46. The second-order valence-corrected chi connectivity index (χ2v) is 12.3. The zero-order valence-corrected chi connectivity index (χ0v) is 24.1. The van der Waals surface area contributed by atoms with E-state index in [1.807, 2.05) is 0 Å². The van der Waals surface area contributed by atoms with Crippen LogP contribution in [0.2, 0.25) is 0 Å². The number of esters is 1. The molecule has 8 heteroatoms. The Balaban J connectivity index is 0.000000221. The van der Waals surface area contributed by atoms with Gasteiger partial charge in [0.05, 0.1) is 28.0 Å². The molecular weight excluding hydrogens is 544 g/mol. The molecule has 1 N–H and O–H groups in total. The van der Waals surface area contributed by atoms with E-state index in [1.165, 1.54) is 14.7 Å². The maximum absolute atomic E-state index is 11.7. The number of hydrogen-bond acceptors (Lipinski definition) is 6. The van der Waals surface area contributed by atoms with Crippen molar-refractivity contribution in [3.8, 4) is 5.75 Å². The Kier molecular flexibility index (Phi) is 12.3. The third-order valence-corrected chi connectivity index (χ3v) is 9.00. The average Bonchev–Trinajstić information content (AvgIpc) is 2.96. The zero-order chi connectivity index (χ0) is 28.8. The minimum Gasteiger partial charge on any atom is -0.744 e. The second kappa shape index (κ2) is 15.9. The Hall–Kier alpha value is -3.59. The first-order chi connectivity index (χ1) is 19.3. The van der Waals surface area contributed by atoms with Gasteiger partial charge in [-0.1, -0.05) is 87.2 Å². The van der Waals surface area contributed by atoms with E-state index in [4.69, 9.17) is 4.74 Å². The molecule has 0 aliphatic carbocycles. The lowest BCUT2D eigenvalue weighted by Crippen LogP contribution is -2.07. The Morgan fingerprint density at radius 2 is 1.23 bits per heavy atom. The van der Waals surface area contributed by atoms with Crippen molar-refractivity contribution in [2.75, 3.05) is 6.61 Å². The van der Waals surface area contributed by atoms with Gasteiger partial charge in [-0.3, -0.25) is 0 Å². The van der Waals surface area contributed by atoms with E-state index in [-0.39, 0.29) is 23.1 Å². The summed E-state index contributed by atoms with van der Waals surface area (Å²) in [4.78, 5) is 15.0. The van der Waals surface area contributed by atoms with Crippen LogP contribution in [0, 0.1) is 0 Å². The number of carbonyl (C=O) groups is 1. The number of unbranched alkanes of at least 4 members (excludes halogenated alkanes) is 4. The molecule has 0 saturated carbocycles.